The minimum absolute atomic E-state index is 0.996. The molecule has 0 saturated heterocycles. The Morgan fingerprint density at radius 1 is 0.219 bits per heavy atom. The van der Waals surface area contributed by atoms with Crippen molar-refractivity contribution in [2.24, 2.45) is 0 Å². The van der Waals surface area contributed by atoms with Crippen molar-refractivity contribution in [3.8, 4) is 100 Å². The van der Waals surface area contributed by atoms with Crippen molar-refractivity contribution >= 4 is 169 Å². The molecule has 27 rings (SSSR count). The van der Waals surface area contributed by atoms with Crippen LogP contribution in [0.1, 0.15) is 11.1 Å². The van der Waals surface area contributed by atoms with Gasteiger partial charge in [-0.2, -0.15) is 0 Å². The van der Waals surface area contributed by atoms with Gasteiger partial charge in [0.15, 0.2) is 0 Å². The monoisotopic (exact) mass is 1870 g/mol. The number of hydrogen-bond acceptors (Lipinski definition) is 1. The van der Waals surface area contributed by atoms with Gasteiger partial charge in [0.25, 0.3) is 0 Å². The smallest absolute Gasteiger partial charge is 0.0548 e. The second-order valence-corrected chi connectivity index (χ2v) is 36.0. The second-order valence-electron chi connectivity index (χ2n) is 32.9. The largest absolute Gasteiger partial charge is 0.354 e. The molecule has 604 valence electrons. The van der Waals surface area contributed by atoms with E-state index in [0.717, 1.165) is 38.1 Å². The number of hydrogen-bond donors (Lipinski definition) is 1. The first kappa shape index (κ1) is 78.0. The van der Waals surface area contributed by atoms with Crippen LogP contribution in [0.4, 0.5) is 17.1 Å². The van der Waals surface area contributed by atoms with Gasteiger partial charge in [-0.3, -0.25) is 0 Å². The van der Waals surface area contributed by atoms with Gasteiger partial charge >= 0.3 is 0 Å². The fourth-order valence-corrected chi connectivity index (χ4v) is 21.8. The van der Waals surface area contributed by atoms with Crippen LogP contribution in [-0.2, 0) is 6.42 Å². The van der Waals surface area contributed by atoms with Gasteiger partial charge in [0.2, 0.25) is 0 Å². The van der Waals surface area contributed by atoms with Gasteiger partial charge in [-0.1, -0.05) is 378 Å². The maximum Gasteiger partial charge on any atom is 0.0548 e. The van der Waals surface area contributed by atoms with Crippen molar-refractivity contribution in [2.75, 3.05) is 4.90 Å². The van der Waals surface area contributed by atoms with Gasteiger partial charge in [0, 0.05) is 84.3 Å². The summed E-state index contributed by atoms with van der Waals surface area (Å²) >= 11 is 9.29. The average Bonchev–Trinajstić information content (AvgIpc) is 1.55. The molecule has 0 bridgehead atoms. The Balaban J connectivity index is 0.000000100. The molecule has 0 unspecified atom stereocenters. The molecule has 1 N–H and O–H groups in total. The van der Waals surface area contributed by atoms with E-state index in [9.17, 15) is 0 Å². The van der Waals surface area contributed by atoms with E-state index in [0.29, 0.717) is 0 Å². The van der Waals surface area contributed by atoms with Crippen molar-refractivity contribution < 1.29 is 0 Å². The van der Waals surface area contributed by atoms with Crippen molar-refractivity contribution in [3.05, 3.63) is 485 Å². The number of para-hydroxylation sites is 1. The van der Waals surface area contributed by atoms with E-state index >= 15 is 0 Å². The molecule has 0 radical (unpaired) electrons. The molecule has 0 atom stereocenters. The Kier molecular flexibility index (Phi) is 20.3. The van der Waals surface area contributed by atoms with Crippen LogP contribution in [0, 0.1) is 3.57 Å². The van der Waals surface area contributed by atoms with E-state index in [1.807, 2.05) is 18.2 Å². The summed E-state index contributed by atoms with van der Waals surface area (Å²) in [6.45, 7) is 0. The predicted octanol–water partition coefficient (Wildman–Crippen LogP) is 35.2. The molecular weight excluding hydrogens is 1800 g/mol. The van der Waals surface area contributed by atoms with Gasteiger partial charge in [0.1, 0.15) is 0 Å². The van der Waals surface area contributed by atoms with E-state index in [1.165, 1.54) is 207 Å². The SMILES string of the molecule is Brc1cccc(-n2c3cccc4c3c3c5c(cccc5ccc32)-c2ccccc2-4)c1.Brc1cccc(I)c1.c1ccc(-c2ccc(N(c3ccccc3)c3cccc(-n4c5cccc6c5c5c7c(cccc7ccc54)-c4ccccc4-6)c3)cc2)cc1.c1ccc(Cc2ccc(-c3ccccc3)cc2)cc1.c1ccc2c(c1)-c1cccc3ccc4[nH]c5cccc-2c5c4c13. The number of nitrogens with one attached hydrogen (secondary N) is 1. The number of aromatic nitrogens is 3. The Hall–Kier alpha value is -14.7. The van der Waals surface area contributed by atoms with Gasteiger partial charge in [0.05, 0.1) is 22.1 Å². The molecule has 3 aromatic heterocycles. The number of halogens is 3. The highest BCUT2D eigenvalue weighted by atomic mass is 127. The zero-order valence-electron chi connectivity index (χ0n) is 69.6. The summed E-state index contributed by atoms with van der Waals surface area (Å²) in [5.41, 5.74) is 36.4. The molecule has 3 aliphatic rings. The fraction of sp³-hybridized carbons (Fsp3) is 0.00826. The molecule has 21 aromatic carbocycles. The molecular formula is C121H79Br2IN4. The summed E-state index contributed by atoms with van der Waals surface area (Å²) in [6.07, 6.45) is 0.996. The average molecular weight is 1880 g/mol. The third-order valence-electron chi connectivity index (χ3n) is 25.5. The van der Waals surface area contributed by atoms with E-state index in [2.05, 4.69) is 516 Å². The van der Waals surface area contributed by atoms with E-state index in [1.54, 1.807) is 0 Å². The lowest BCUT2D eigenvalue weighted by atomic mass is 9.93. The van der Waals surface area contributed by atoms with E-state index in [-0.39, 0.29) is 0 Å². The number of fused-ring (bicyclic) bond motifs is 9. The first-order chi connectivity index (χ1) is 63.3. The van der Waals surface area contributed by atoms with Gasteiger partial charge in [-0.25, -0.2) is 0 Å². The molecule has 0 spiro atoms. The van der Waals surface area contributed by atoms with Crippen LogP contribution >= 0.6 is 54.5 Å². The zero-order valence-corrected chi connectivity index (χ0v) is 74.9. The lowest BCUT2D eigenvalue weighted by Gasteiger charge is -2.26. The summed E-state index contributed by atoms with van der Waals surface area (Å²) in [5, 5.41) is 16.0. The molecule has 7 heteroatoms. The second kappa shape index (κ2) is 33.3. The van der Waals surface area contributed by atoms with Crippen molar-refractivity contribution in [1.82, 2.24) is 14.1 Å². The number of aromatic amines is 1. The number of anilines is 3. The zero-order chi connectivity index (χ0) is 85.3. The first-order valence-corrected chi connectivity index (χ1v) is 46.1. The lowest BCUT2D eigenvalue weighted by molar-refractivity contribution is 1.17. The maximum absolute atomic E-state index is 3.66. The first-order valence-electron chi connectivity index (χ1n) is 43.5. The van der Waals surface area contributed by atoms with Gasteiger partial charge in [-0.05, 0) is 277 Å². The third-order valence-corrected chi connectivity index (χ3v) is 27.2. The predicted molar refractivity (Wildman–Crippen MR) is 559 cm³/mol. The Morgan fingerprint density at radius 2 is 0.555 bits per heavy atom. The standard InChI is InChI=1S/C46H30N2.C28H16BrN.C22H13N.C19H16.C6H4BrI/c1-3-12-31(13-4-1)32-24-27-35(28-25-32)47(34-15-5-2-6-16-34)36-17-10-18-37(30-36)48-42-23-11-22-41-39-20-8-7-19-38(39)40-21-9-14-33-26-29-43(48)46(44(33)40)45(41)42;29-18-7-4-8-19(16-18)30-24-13-5-12-23-21-10-2-1-9-20(21)22-11-3-6-17-14-15-25(30)28(26(17)22)27(23)24;1-2-7-15-14(6-1)16-8-3-5-13-11-12-19-22(20(13)16)21-17(15)9-4-10-18(21)23-19;1-3-7-16(8-4-1)15-17-11-13-19(14-12-17)18-9-5-2-6-10-18;7-5-2-1-3-6(8)4-5/h1-30H;1-16H;1-12,23H;1-14H,15H2;1-4H. The van der Waals surface area contributed by atoms with Gasteiger partial charge in [-0.15, -0.1) is 0 Å². The molecule has 0 saturated carbocycles. The topological polar surface area (TPSA) is 28.9 Å². The van der Waals surface area contributed by atoms with Crippen LogP contribution in [0.25, 0.3) is 198 Å². The van der Waals surface area contributed by atoms with E-state index < -0.39 is 0 Å². The summed E-state index contributed by atoms with van der Waals surface area (Å²) in [7, 11) is 0. The summed E-state index contributed by atoms with van der Waals surface area (Å²) in [5.74, 6) is 0. The molecule has 3 heterocycles. The normalized spacial score (nSPS) is 11.6. The molecule has 128 heavy (non-hydrogen) atoms. The van der Waals surface area contributed by atoms with Crippen LogP contribution in [-0.4, -0.2) is 14.1 Å². The number of nitrogens with zero attached hydrogens (tertiary/aromatic N) is 3. The summed E-state index contributed by atoms with van der Waals surface area (Å²) in [6, 6.07) is 166. The highest BCUT2D eigenvalue weighted by Gasteiger charge is 2.29. The third kappa shape index (κ3) is 14.0. The quantitative estimate of drug-likeness (QED) is 0.143. The highest BCUT2D eigenvalue weighted by molar-refractivity contribution is 14.1. The Bertz CT molecular complexity index is 8390. The molecule has 0 fully saturated rings. The van der Waals surface area contributed by atoms with Crippen LogP contribution in [0.5, 0.6) is 0 Å². The summed E-state index contributed by atoms with van der Waals surface area (Å²) < 4.78 is 8.36. The Labute approximate surface area is 773 Å². The lowest BCUT2D eigenvalue weighted by Crippen LogP contribution is -2.10. The Morgan fingerprint density at radius 3 is 1.03 bits per heavy atom. The number of rotatable bonds is 9. The van der Waals surface area contributed by atoms with Crippen molar-refractivity contribution in [2.45, 2.75) is 6.42 Å². The van der Waals surface area contributed by atoms with Crippen LogP contribution < -0.4 is 4.90 Å². The van der Waals surface area contributed by atoms with Gasteiger partial charge < -0.3 is 19.0 Å². The molecule has 4 nitrogen and oxygen atoms in total. The molecule has 0 aliphatic heterocycles. The van der Waals surface area contributed by atoms with Crippen molar-refractivity contribution in [1.29, 1.82) is 0 Å². The van der Waals surface area contributed by atoms with Crippen LogP contribution in [0.2, 0.25) is 0 Å². The van der Waals surface area contributed by atoms with E-state index in [4.69, 9.17) is 0 Å². The van der Waals surface area contributed by atoms with Crippen molar-refractivity contribution in [3.63, 3.8) is 0 Å². The highest BCUT2D eigenvalue weighted by Crippen LogP contribution is 2.54. The molecule has 24 aromatic rings. The maximum atomic E-state index is 3.66. The van der Waals surface area contributed by atoms with Crippen LogP contribution in [0.15, 0.2) is 470 Å². The summed E-state index contributed by atoms with van der Waals surface area (Å²) in [4.78, 5) is 5.95. The number of benzene rings is 21. The van der Waals surface area contributed by atoms with Crippen LogP contribution in [0.3, 0.4) is 0 Å². The fourth-order valence-electron chi connectivity index (χ4n) is 20.0. The minimum Gasteiger partial charge on any atom is -0.354 e. The molecule has 0 amide bonds. The minimum atomic E-state index is 0.996. The molecule has 3 aliphatic carbocycles. The number of H-pyrrole nitrogens is 1.